The zero-order valence-corrected chi connectivity index (χ0v) is 11.3. The van der Waals surface area contributed by atoms with Gasteiger partial charge in [-0.15, -0.1) is 0 Å². The molecule has 2 unspecified atom stereocenters. The van der Waals surface area contributed by atoms with Gasteiger partial charge in [0.1, 0.15) is 11.6 Å². The molecule has 0 heterocycles. The largest absolute Gasteiger partial charge is 0.329 e. The zero-order chi connectivity index (χ0) is 14.5. The molecule has 0 bridgehead atoms. The minimum Gasteiger partial charge on any atom is -0.329 e. The quantitative estimate of drug-likeness (QED) is 0.879. The van der Waals surface area contributed by atoms with Crippen molar-refractivity contribution in [3.8, 4) is 0 Å². The summed E-state index contributed by atoms with van der Waals surface area (Å²) in [6, 6.07) is 12.9. The SMILES string of the molecule is CC(NC(CN)c1c(F)cccc1F)c1ccccc1. The molecule has 0 spiro atoms. The van der Waals surface area contributed by atoms with Gasteiger partial charge in [0.25, 0.3) is 0 Å². The number of hydrogen-bond donors (Lipinski definition) is 2. The second kappa shape index (κ2) is 6.59. The Balaban J connectivity index is 2.21. The van der Waals surface area contributed by atoms with Crippen LogP contribution in [0.15, 0.2) is 48.5 Å². The summed E-state index contributed by atoms with van der Waals surface area (Å²) in [4.78, 5) is 0. The van der Waals surface area contributed by atoms with Gasteiger partial charge in [0.2, 0.25) is 0 Å². The normalized spacial score (nSPS) is 14.0. The number of hydrogen-bond acceptors (Lipinski definition) is 2. The molecule has 0 aromatic heterocycles. The highest BCUT2D eigenvalue weighted by atomic mass is 19.1. The van der Waals surface area contributed by atoms with Crippen molar-refractivity contribution in [2.75, 3.05) is 6.54 Å². The molecule has 4 heteroatoms. The van der Waals surface area contributed by atoms with Gasteiger partial charge in [0, 0.05) is 18.2 Å². The molecule has 0 saturated heterocycles. The van der Waals surface area contributed by atoms with E-state index in [2.05, 4.69) is 5.32 Å². The van der Waals surface area contributed by atoms with E-state index in [-0.39, 0.29) is 18.2 Å². The summed E-state index contributed by atoms with van der Waals surface area (Å²) in [5.41, 5.74) is 6.72. The molecule has 20 heavy (non-hydrogen) atoms. The third kappa shape index (κ3) is 3.21. The molecule has 0 aliphatic carbocycles. The van der Waals surface area contributed by atoms with Gasteiger partial charge < -0.3 is 11.1 Å². The summed E-state index contributed by atoms with van der Waals surface area (Å²) in [7, 11) is 0. The fourth-order valence-electron chi connectivity index (χ4n) is 2.25. The molecule has 2 aromatic carbocycles. The van der Waals surface area contributed by atoms with E-state index >= 15 is 0 Å². The molecule has 2 nitrogen and oxygen atoms in total. The Kier molecular flexibility index (Phi) is 4.82. The highest BCUT2D eigenvalue weighted by Crippen LogP contribution is 2.23. The smallest absolute Gasteiger partial charge is 0.130 e. The first kappa shape index (κ1) is 14.6. The van der Waals surface area contributed by atoms with Crippen molar-refractivity contribution >= 4 is 0 Å². The molecule has 2 atom stereocenters. The van der Waals surface area contributed by atoms with Gasteiger partial charge in [-0.1, -0.05) is 36.4 Å². The molecule has 3 N–H and O–H groups in total. The van der Waals surface area contributed by atoms with Crippen LogP contribution < -0.4 is 11.1 Å². The molecule has 0 saturated carbocycles. The van der Waals surface area contributed by atoms with E-state index in [0.29, 0.717) is 0 Å². The van der Waals surface area contributed by atoms with E-state index in [0.717, 1.165) is 5.56 Å². The molecular weight excluding hydrogens is 258 g/mol. The minimum absolute atomic E-state index is 0.00205. The van der Waals surface area contributed by atoms with Crippen molar-refractivity contribution < 1.29 is 8.78 Å². The average molecular weight is 276 g/mol. The summed E-state index contributed by atoms with van der Waals surface area (Å²) < 4.78 is 27.6. The number of halogens is 2. The van der Waals surface area contributed by atoms with Crippen molar-refractivity contribution in [3.63, 3.8) is 0 Å². The van der Waals surface area contributed by atoms with Gasteiger partial charge in [-0.3, -0.25) is 0 Å². The number of nitrogens with one attached hydrogen (secondary N) is 1. The Bertz CT molecular complexity index is 537. The fraction of sp³-hybridized carbons (Fsp3) is 0.250. The topological polar surface area (TPSA) is 38.0 Å². The first-order valence-electron chi connectivity index (χ1n) is 6.58. The maximum absolute atomic E-state index is 13.8. The van der Waals surface area contributed by atoms with Crippen molar-refractivity contribution in [3.05, 3.63) is 71.3 Å². The zero-order valence-electron chi connectivity index (χ0n) is 11.3. The predicted molar refractivity (Wildman–Crippen MR) is 76.1 cm³/mol. The molecule has 0 fully saturated rings. The molecule has 0 amide bonds. The monoisotopic (exact) mass is 276 g/mol. The van der Waals surface area contributed by atoms with Crippen LogP contribution in [0.25, 0.3) is 0 Å². The molecule has 2 rings (SSSR count). The van der Waals surface area contributed by atoms with Crippen molar-refractivity contribution in [1.29, 1.82) is 0 Å². The second-order valence-corrected chi connectivity index (χ2v) is 4.72. The van der Waals surface area contributed by atoms with E-state index in [9.17, 15) is 8.78 Å². The molecule has 0 aliphatic heterocycles. The van der Waals surface area contributed by atoms with Gasteiger partial charge in [-0.05, 0) is 24.6 Å². The molecular formula is C16H18F2N2. The lowest BCUT2D eigenvalue weighted by molar-refractivity contribution is 0.433. The maximum Gasteiger partial charge on any atom is 0.130 e. The molecule has 0 radical (unpaired) electrons. The highest BCUT2D eigenvalue weighted by molar-refractivity contribution is 5.25. The Morgan fingerprint density at radius 2 is 1.60 bits per heavy atom. The standard InChI is InChI=1S/C16H18F2N2/c1-11(12-6-3-2-4-7-12)20-15(10-19)16-13(17)8-5-9-14(16)18/h2-9,11,15,20H,10,19H2,1H3. The summed E-state index contributed by atoms with van der Waals surface area (Å²) in [5.74, 6) is -1.15. The number of nitrogens with two attached hydrogens (primary N) is 1. The van der Waals surface area contributed by atoms with E-state index in [1.807, 2.05) is 37.3 Å². The number of benzene rings is 2. The van der Waals surface area contributed by atoms with Gasteiger partial charge >= 0.3 is 0 Å². The lowest BCUT2D eigenvalue weighted by atomic mass is 10.0. The van der Waals surface area contributed by atoms with Crippen LogP contribution in [-0.4, -0.2) is 6.54 Å². The van der Waals surface area contributed by atoms with Crippen LogP contribution in [0, 0.1) is 11.6 Å². The van der Waals surface area contributed by atoms with Crippen molar-refractivity contribution in [2.24, 2.45) is 5.73 Å². The van der Waals surface area contributed by atoms with Gasteiger partial charge in [0.15, 0.2) is 0 Å². The van der Waals surface area contributed by atoms with Crippen LogP contribution in [0.2, 0.25) is 0 Å². The highest BCUT2D eigenvalue weighted by Gasteiger charge is 2.20. The summed E-state index contributed by atoms with van der Waals surface area (Å²) in [5, 5.41) is 3.18. The summed E-state index contributed by atoms with van der Waals surface area (Å²) in [6.45, 7) is 2.06. The fourth-order valence-corrected chi connectivity index (χ4v) is 2.25. The van der Waals surface area contributed by atoms with Crippen LogP contribution in [0.5, 0.6) is 0 Å². The molecule has 106 valence electrons. The van der Waals surface area contributed by atoms with Crippen molar-refractivity contribution in [2.45, 2.75) is 19.0 Å². The average Bonchev–Trinajstić information content (AvgIpc) is 2.46. The summed E-state index contributed by atoms with van der Waals surface area (Å²) in [6.07, 6.45) is 0. The first-order valence-corrected chi connectivity index (χ1v) is 6.58. The van der Waals surface area contributed by atoms with E-state index in [1.54, 1.807) is 0 Å². The first-order chi connectivity index (χ1) is 9.63. The lowest BCUT2D eigenvalue weighted by Gasteiger charge is -2.23. The Labute approximate surface area is 117 Å². The Hall–Kier alpha value is -1.78. The van der Waals surface area contributed by atoms with E-state index in [4.69, 9.17) is 5.73 Å². The number of rotatable bonds is 5. The Morgan fingerprint density at radius 1 is 1.00 bits per heavy atom. The van der Waals surface area contributed by atoms with Crippen LogP contribution in [0.3, 0.4) is 0 Å². The molecule has 2 aromatic rings. The van der Waals surface area contributed by atoms with E-state index < -0.39 is 17.7 Å². The van der Waals surface area contributed by atoms with Gasteiger partial charge in [-0.2, -0.15) is 0 Å². The predicted octanol–water partition coefficient (Wildman–Crippen LogP) is 3.32. The van der Waals surface area contributed by atoms with Crippen molar-refractivity contribution in [1.82, 2.24) is 5.32 Å². The van der Waals surface area contributed by atoms with Crippen LogP contribution >= 0.6 is 0 Å². The third-order valence-corrected chi connectivity index (χ3v) is 3.33. The summed E-state index contributed by atoms with van der Waals surface area (Å²) >= 11 is 0. The van der Waals surface area contributed by atoms with Crippen LogP contribution in [-0.2, 0) is 0 Å². The van der Waals surface area contributed by atoms with Crippen LogP contribution in [0.4, 0.5) is 8.78 Å². The van der Waals surface area contributed by atoms with Gasteiger partial charge in [0.05, 0.1) is 6.04 Å². The van der Waals surface area contributed by atoms with E-state index in [1.165, 1.54) is 18.2 Å². The lowest BCUT2D eigenvalue weighted by Crippen LogP contribution is -2.31. The molecule has 0 aliphatic rings. The second-order valence-electron chi connectivity index (χ2n) is 4.72. The Morgan fingerprint density at radius 3 is 2.15 bits per heavy atom. The van der Waals surface area contributed by atoms with Gasteiger partial charge in [-0.25, -0.2) is 8.78 Å². The third-order valence-electron chi connectivity index (χ3n) is 3.33. The van der Waals surface area contributed by atoms with Crippen LogP contribution in [0.1, 0.15) is 30.1 Å². The maximum atomic E-state index is 13.8. The minimum atomic E-state index is -0.576.